The Morgan fingerprint density at radius 3 is 2.71 bits per heavy atom. The van der Waals surface area contributed by atoms with Crippen LogP contribution in [0.2, 0.25) is 5.02 Å². The lowest BCUT2D eigenvalue weighted by Gasteiger charge is -2.24. The Kier molecular flexibility index (Phi) is 6.82. The highest BCUT2D eigenvalue weighted by Gasteiger charge is 2.06. The molecule has 0 radical (unpaired) electrons. The number of likely N-dealkylation sites (N-methyl/N-ethyl adjacent to an activating group) is 1. The zero-order chi connectivity index (χ0) is 17.5. The Bertz CT molecular complexity index is 708. The zero-order valence-corrected chi connectivity index (χ0v) is 15.3. The van der Waals surface area contributed by atoms with Crippen molar-refractivity contribution in [3.63, 3.8) is 0 Å². The summed E-state index contributed by atoms with van der Waals surface area (Å²) in [7, 11) is 0. The van der Waals surface area contributed by atoms with Crippen molar-refractivity contribution in [2.75, 3.05) is 29.9 Å². The molecule has 0 fully saturated rings. The van der Waals surface area contributed by atoms with Gasteiger partial charge in [0, 0.05) is 31.0 Å². The van der Waals surface area contributed by atoms with E-state index in [0.717, 1.165) is 13.1 Å². The van der Waals surface area contributed by atoms with Gasteiger partial charge in [-0.05, 0) is 62.0 Å². The minimum absolute atomic E-state index is 0.0689. The number of hydrogen-bond donors (Lipinski definition) is 2. The van der Waals surface area contributed by atoms with Crippen LogP contribution in [0.25, 0.3) is 0 Å². The number of anilines is 2. The summed E-state index contributed by atoms with van der Waals surface area (Å²) in [6.45, 7) is 6.65. The van der Waals surface area contributed by atoms with Gasteiger partial charge in [-0.2, -0.15) is 0 Å². The Morgan fingerprint density at radius 2 is 2.04 bits per heavy atom. The second-order valence-corrected chi connectivity index (χ2v) is 6.24. The highest BCUT2D eigenvalue weighted by atomic mass is 35.5. The SMILES string of the molecule is CCN(CCNC(=S)Nc1ccc(F)c(Cl)c1)c1cccc(C)c1. The maximum atomic E-state index is 13.1. The van der Waals surface area contributed by atoms with Gasteiger partial charge >= 0.3 is 0 Å². The van der Waals surface area contributed by atoms with Crippen molar-refractivity contribution in [3.8, 4) is 0 Å². The van der Waals surface area contributed by atoms with E-state index in [9.17, 15) is 4.39 Å². The van der Waals surface area contributed by atoms with Crippen LogP contribution in [-0.4, -0.2) is 24.7 Å². The molecule has 0 saturated carbocycles. The molecule has 2 aromatic rings. The third kappa shape index (κ3) is 5.35. The molecule has 3 nitrogen and oxygen atoms in total. The second-order valence-electron chi connectivity index (χ2n) is 5.43. The van der Waals surface area contributed by atoms with Gasteiger partial charge in [0.1, 0.15) is 5.82 Å². The number of benzene rings is 2. The Labute approximate surface area is 152 Å². The van der Waals surface area contributed by atoms with Crippen LogP contribution in [-0.2, 0) is 0 Å². The van der Waals surface area contributed by atoms with Crippen LogP contribution in [0.15, 0.2) is 42.5 Å². The third-order valence-electron chi connectivity index (χ3n) is 3.59. The van der Waals surface area contributed by atoms with Gasteiger partial charge in [0.15, 0.2) is 5.11 Å². The zero-order valence-electron chi connectivity index (χ0n) is 13.8. The van der Waals surface area contributed by atoms with Crippen LogP contribution < -0.4 is 15.5 Å². The van der Waals surface area contributed by atoms with Crippen molar-refractivity contribution in [1.29, 1.82) is 0 Å². The monoisotopic (exact) mass is 365 g/mol. The molecule has 6 heteroatoms. The highest BCUT2D eigenvalue weighted by molar-refractivity contribution is 7.80. The molecular weight excluding hydrogens is 345 g/mol. The maximum absolute atomic E-state index is 13.1. The van der Waals surface area contributed by atoms with Gasteiger partial charge < -0.3 is 15.5 Å². The van der Waals surface area contributed by atoms with Crippen LogP contribution in [0.3, 0.4) is 0 Å². The van der Waals surface area contributed by atoms with Crippen molar-refractivity contribution >= 4 is 40.3 Å². The average Bonchev–Trinajstić information content (AvgIpc) is 2.55. The quantitative estimate of drug-likeness (QED) is 0.731. The molecule has 0 aliphatic heterocycles. The summed E-state index contributed by atoms with van der Waals surface area (Å²) >= 11 is 11.0. The first-order valence-electron chi connectivity index (χ1n) is 7.81. The molecule has 2 N–H and O–H groups in total. The molecule has 0 heterocycles. The average molecular weight is 366 g/mol. The summed E-state index contributed by atoms with van der Waals surface area (Å²) in [5.41, 5.74) is 3.10. The van der Waals surface area contributed by atoms with E-state index in [4.69, 9.17) is 23.8 Å². The molecule has 0 bridgehead atoms. The van der Waals surface area contributed by atoms with E-state index >= 15 is 0 Å². The van der Waals surface area contributed by atoms with Crippen molar-refractivity contribution in [2.24, 2.45) is 0 Å². The topological polar surface area (TPSA) is 27.3 Å². The number of rotatable bonds is 6. The number of nitrogens with zero attached hydrogens (tertiary/aromatic N) is 1. The first-order valence-corrected chi connectivity index (χ1v) is 8.59. The standard InChI is InChI=1S/C18H21ClFN3S/c1-3-23(15-6-4-5-13(2)11-15)10-9-21-18(24)22-14-7-8-17(20)16(19)12-14/h4-8,11-12H,3,9-10H2,1-2H3,(H2,21,22,24). The molecule has 128 valence electrons. The smallest absolute Gasteiger partial charge is 0.170 e. The first kappa shape index (κ1) is 18.5. The van der Waals surface area contributed by atoms with Crippen LogP contribution in [0, 0.1) is 12.7 Å². The molecule has 2 rings (SSSR count). The summed E-state index contributed by atoms with van der Waals surface area (Å²) in [6.07, 6.45) is 0. The fourth-order valence-electron chi connectivity index (χ4n) is 2.35. The number of hydrogen-bond acceptors (Lipinski definition) is 2. The Balaban J connectivity index is 1.83. The molecule has 2 aromatic carbocycles. The second kappa shape index (κ2) is 8.85. The van der Waals surface area contributed by atoms with Crippen LogP contribution in [0.4, 0.5) is 15.8 Å². The largest absolute Gasteiger partial charge is 0.370 e. The van der Waals surface area contributed by atoms with Crippen molar-refractivity contribution < 1.29 is 4.39 Å². The predicted molar refractivity (Wildman–Crippen MR) is 105 cm³/mol. The third-order valence-corrected chi connectivity index (χ3v) is 4.13. The summed E-state index contributed by atoms with van der Waals surface area (Å²) in [5, 5.41) is 6.71. The summed E-state index contributed by atoms with van der Waals surface area (Å²) < 4.78 is 13.1. The van der Waals surface area contributed by atoms with E-state index in [1.54, 1.807) is 6.07 Å². The maximum Gasteiger partial charge on any atom is 0.170 e. The van der Waals surface area contributed by atoms with Crippen LogP contribution in [0.5, 0.6) is 0 Å². The number of nitrogens with one attached hydrogen (secondary N) is 2. The molecule has 24 heavy (non-hydrogen) atoms. The van der Waals surface area contributed by atoms with Crippen LogP contribution in [0.1, 0.15) is 12.5 Å². The van der Waals surface area contributed by atoms with Crippen molar-refractivity contribution in [1.82, 2.24) is 5.32 Å². The van der Waals surface area contributed by atoms with Crippen LogP contribution >= 0.6 is 23.8 Å². The fourth-order valence-corrected chi connectivity index (χ4v) is 2.75. The molecule has 0 unspecified atom stereocenters. The lowest BCUT2D eigenvalue weighted by Crippen LogP contribution is -2.36. The summed E-state index contributed by atoms with van der Waals surface area (Å²) in [6, 6.07) is 12.8. The Hall–Kier alpha value is -1.85. The lowest BCUT2D eigenvalue weighted by molar-refractivity contribution is 0.628. The van der Waals surface area contributed by atoms with Crippen molar-refractivity contribution in [2.45, 2.75) is 13.8 Å². The van der Waals surface area contributed by atoms with E-state index < -0.39 is 5.82 Å². The van der Waals surface area contributed by atoms with Gasteiger partial charge in [-0.25, -0.2) is 4.39 Å². The van der Waals surface area contributed by atoms with Crippen molar-refractivity contribution in [3.05, 3.63) is 58.9 Å². The number of aryl methyl sites for hydroxylation is 1. The molecule has 0 aliphatic carbocycles. The molecule has 0 saturated heterocycles. The molecule has 0 aliphatic rings. The minimum Gasteiger partial charge on any atom is -0.370 e. The van der Waals surface area contributed by atoms with Gasteiger partial charge in [-0.3, -0.25) is 0 Å². The molecule has 0 amide bonds. The van der Waals surface area contributed by atoms with E-state index in [2.05, 4.69) is 53.6 Å². The van der Waals surface area contributed by atoms with Gasteiger partial charge in [0.25, 0.3) is 0 Å². The van der Waals surface area contributed by atoms with Gasteiger partial charge in [0.05, 0.1) is 5.02 Å². The van der Waals surface area contributed by atoms with E-state index in [-0.39, 0.29) is 5.02 Å². The van der Waals surface area contributed by atoms with E-state index in [1.165, 1.54) is 23.4 Å². The summed E-state index contributed by atoms with van der Waals surface area (Å²) in [4.78, 5) is 2.28. The predicted octanol–water partition coefficient (Wildman–Crippen LogP) is 4.60. The first-order chi connectivity index (χ1) is 11.5. The number of thiocarbonyl (C=S) groups is 1. The molecule has 0 aromatic heterocycles. The fraction of sp³-hybridized carbons (Fsp3) is 0.278. The van der Waals surface area contributed by atoms with E-state index in [0.29, 0.717) is 17.3 Å². The lowest BCUT2D eigenvalue weighted by atomic mass is 10.2. The Morgan fingerprint density at radius 1 is 1.25 bits per heavy atom. The normalized spacial score (nSPS) is 10.3. The molecule has 0 atom stereocenters. The minimum atomic E-state index is -0.446. The molecular formula is C18H21ClFN3S. The van der Waals surface area contributed by atoms with Gasteiger partial charge in [-0.1, -0.05) is 23.7 Å². The van der Waals surface area contributed by atoms with E-state index in [1.807, 2.05) is 0 Å². The van der Waals surface area contributed by atoms with Gasteiger partial charge in [0.2, 0.25) is 0 Å². The summed E-state index contributed by atoms with van der Waals surface area (Å²) in [5.74, 6) is -0.446. The molecule has 0 spiro atoms. The van der Waals surface area contributed by atoms with Gasteiger partial charge in [-0.15, -0.1) is 0 Å². The number of halogens is 2. The highest BCUT2D eigenvalue weighted by Crippen LogP contribution is 2.19.